The van der Waals surface area contributed by atoms with Gasteiger partial charge in [0, 0.05) is 17.1 Å². The molecule has 1 amide bonds. The van der Waals surface area contributed by atoms with Crippen LogP contribution in [-0.4, -0.2) is 45.3 Å². The van der Waals surface area contributed by atoms with Crippen LogP contribution in [0.4, 0.5) is 0 Å². The molecule has 0 aliphatic heterocycles. The number of aromatic nitrogens is 1. The van der Waals surface area contributed by atoms with E-state index in [0.717, 1.165) is 16.5 Å². The number of carbonyl (C=O) groups excluding carboxylic acids is 1. The van der Waals surface area contributed by atoms with Crippen molar-refractivity contribution >= 4 is 22.8 Å². The smallest absolute Gasteiger partial charge is 0.328 e. The molecule has 0 aliphatic carbocycles. The van der Waals surface area contributed by atoms with Gasteiger partial charge in [0.2, 0.25) is 5.91 Å². The zero-order valence-electron chi connectivity index (χ0n) is 12.1. The van der Waals surface area contributed by atoms with Crippen LogP contribution in [0.1, 0.15) is 12.5 Å². The number of H-pyrrole nitrogens is 1. The second-order valence-corrected chi connectivity index (χ2v) is 5.24. The molecule has 7 heteroatoms. The van der Waals surface area contributed by atoms with Gasteiger partial charge in [-0.1, -0.05) is 18.2 Å². The second-order valence-electron chi connectivity index (χ2n) is 5.24. The fraction of sp³-hybridized carbons (Fsp3) is 0.333. The van der Waals surface area contributed by atoms with Crippen LogP contribution in [0, 0.1) is 0 Å². The molecule has 0 aliphatic rings. The molecule has 0 saturated carbocycles. The van der Waals surface area contributed by atoms with Crippen LogP contribution in [0.25, 0.3) is 10.9 Å². The summed E-state index contributed by atoms with van der Waals surface area (Å²) in [5, 5.41) is 21.5. The summed E-state index contributed by atoms with van der Waals surface area (Å²) in [5.41, 5.74) is 7.67. The van der Waals surface area contributed by atoms with Gasteiger partial charge in [0.25, 0.3) is 0 Å². The van der Waals surface area contributed by atoms with Gasteiger partial charge < -0.3 is 26.2 Å². The standard InChI is InChI=1S/C15H19N3O4/c1-8(19)13(15(21)22)18-14(20)11(16)6-9-7-17-12-5-3-2-4-10(9)12/h2-5,7-8,11,13,17,19H,6,16H2,1H3,(H,18,20)(H,21,22)/t8-,11+,13+/m1/s1. The maximum Gasteiger partial charge on any atom is 0.328 e. The summed E-state index contributed by atoms with van der Waals surface area (Å²) in [6.07, 6.45) is 0.838. The van der Waals surface area contributed by atoms with Crippen molar-refractivity contribution in [2.45, 2.75) is 31.5 Å². The van der Waals surface area contributed by atoms with Crippen LogP contribution in [-0.2, 0) is 16.0 Å². The molecular formula is C15H19N3O4. The number of aliphatic hydroxyl groups excluding tert-OH is 1. The zero-order chi connectivity index (χ0) is 16.3. The van der Waals surface area contributed by atoms with Crippen LogP contribution in [0.5, 0.6) is 0 Å². The molecule has 0 radical (unpaired) electrons. The first-order valence-electron chi connectivity index (χ1n) is 6.92. The van der Waals surface area contributed by atoms with Gasteiger partial charge in [-0.15, -0.1) is 0 Å². The molecule has 118 valence electrons. The Morgan fingerprint density at radius 3 is 2.68 bits per heavy atom. The molecule has 2 rings (SSSR count). The lowest BCUT2D eigenvalue weighted by molar-refractivity contribution is -0.144. The van der Waals surface area contributed by atoms with E-state index in [4.69, 9.17) is 10.8 Å². The minimum atomic E-state index is -1.37. The summed E-state index contributed by atoms with van der Waals surface area (Å²) >= 11 is 0. The van der Waals surface area contributed by atoms with Gasteiger partial charge in [-0.2, -0.15) is 0 Å². The van der Waals surface area contributed by atoms with Crippen LogP contribution in [0.3, 0.4) is 0 Å². The van der Waals surface area contributed by atoms with Crippen molar-refractivity contribution in [3.05, 3.63) is 36.0 Å². The Kier molecular flexibility index (Phi) is 4.79. The lowest BCUT2D eigenvalue weighted by atomic mass is 10.0. The number of aliphatic carboxylic acids is 1. The number of benzene rings is 1. The number of nitrogens with one attached hydrogen (secondary N) is 2. The molecule has 0 saturated heterocycles. The second kappa shape index (κ2) is 6.59. The summed E-state index contributed by atoms with van der Waals surface area (Å²) in [7, 11) is 0. The van der Waals surface area contributed by atoms with E-state index in [-0.39, 0.29) is 6.42 Å². The fourth-order valence-corrected chi connectivity index (χ4v) is 2.28. The Hall–Kier alpha value is -2.38. The molecule has 0 unspecified atom stereocenters. The Labute approximate surface area is 127 Å². The molecule has 0 fully saturated rings. The maximum absolute atomic E-state index is 12.0. The lowest BCUT2D eigenvalue weighted by Gasteiger charge is -2.19. The first kappa shape index (κ1) is 16.0. The van der Waals surface area contributed by atoms with E-state index >= 15 is 0 Å². The number of aromatic amines is 1. The summed E-state index contributed by atoms with van der Waals surface area (Å²) < 4.78 is 0. The zero-order valence-corrected chi connectivity index (χ0v) is 12.1. The first-order chi connectivity index (χ1) is 10.4. The summed E-state index contributed by atoms with van der Waals surface area (Å²) in [4.78, 5) is 26.1. The van der Waals surface area contributed by atoms with Crippen LogP contribution >= 0.6 is 0 Å². The fourth-order valence-electron chi connectivity index (χ4n) is 2.28. The number of hydrogen-bond donors (Lipinski definition) is 5. The Morgan fingerprint density at radius 1 is 1.36 bits per heavy atom. The highest BCUT2D eigenvalue weighted by Crippen LogP contribution is 2.18. The van der Waals surface area contributed by atoms with E-state index in [1.54, 1.807) is 6.20 Å². The third-order valence-electron chi connectivity index (χ3n) is 3.50. The molecule has 0 spiro atoms. The normalized spacial score (nSPS) is 15.2. The highest BCUT2D eigenvalue weighted by Gasteiger charge is 2.27. The summed E-state index contributed by atoms with van der Waals surface area (Å²) in [6, 6.07) is 5.34. The molecule has 1 aromatic carbocycles. The largest absolute Gasteiger partial charge is 0.480 e. The number of para-hydroxylation sites is 1. The van der Waals surface area contributed by atoms with E-state index in [1.165, 1.54) is 6.92 Å². The number of nitrogens with two attached hydrogens (primary N) is 1. The van der Waals surface area contributed by atoms with E-state index in [2.05, 4.69) is 10.3 Å². The van der Waals surface area contributed by atoms with Gasteiger partial charge in [-0.05, 0) is 25.0 Å². The maximum atomic E-state index is 12.0. The molecule has 1 aromatic heterocycles. The SMILES string of the molecule is C[C@@H](O)[C@H](NC(=O)[C@@H](N)Cc1c[nH]c2ccccc12)C(=O)O. The lowest BCUT2D eigenvalue weighted by Crippen LogP contribution is -2.53. The topological polar surface area (TPSA) is 128 Å². The number of aliphatic hydroxyl groups is 1. The van der Waals surface area contributed by atoms with Gasteiger partial charge in [-0.25, -0.2) is 4.79 Å². The van der Waals surface area contributed by atoms with Gasteiger partial charge in [0.1, 0.15) is 0 Å². The van der Waals surface area contributed by atoms with Gasteiger partial charge in [0.15, 0.2) is 6.04 Å². The predicted octanol–water partition coefficient (Wildman–Crippen LogP) is -0.0121. The van der Waals surface area contributed by atoms with Crippen molar-refractivity contribution < 1.29 is 19.8 Å². The molecule has 22 heavy (non-hydrogen) atoms. The number of carboxylic acid groups (broad SMARTS) is 1. The van der Waals surface area contributed by atoms with Crippen molar-refractivity contribution in [3.8, 4) is 0 Å². The average Bonchev–Trinajstić information content (AvgIpc) is 2.87. The number of carbonyl (C=O) groups is 2. The summed E-state index contributed by atoms with van der Waals surface area (Å²) in [5.74, 6) is -1.92. The monoisotopic (exact) mass is 305 g/mol. The van der Waals surface area contributed by atoms with E-state index in [1.807, 2.05) is 24.3 Å². The van der Waals surface area contributed by atoms with Crippen LogP contribution in [0.15, 0.2) is 30.5 Å². The highest BCUT2D eigenvalue weighted by atomic mass is 16.4. The molecular weight excluding hydrogens is 286 g/mol. The van der Waals surface area contributed by atoms with Gasteiger partial charge in [-0.3, -0.25) is 4.79 Å². The Morgan fingerprint density at radius 2 is 2.05 bits per heavy atom. The molecule has 3 atom stereocenters. The molecule has 7 nitrogen and oxygen atoms in total. The predicted molar refractivity (Wildman–Crippen MR) is 81.2 cm³/mol. The third-order valence-corrected chi connectivity index (χ3v) is 3.50. The minimum absolute atomic E-state index is 0.266. The third kappa shape index (κ3) is 3.44. The van der Waals surface area contributed by atoms with Crippen molar-refractivity contribution in [1.82, 2.24) is 10.3 Å². The molecule has 0 bridgehead atoms. The van der Waals surface area contributed by atoms with E-state index < -0.39 is 30.1 Å². The molecule has 6 N–H and O–H groups in total. The van der Waals surface area contributed by atoms with E-state index in [0.29, 0.717) is 0 Å². The quantitative estimate of drug-likeness (QED) is 0.512. The highest BCUT2D eigenvalue weighted by molar-refractivity contribution is 5.88. The summed E-state index contributed by atoms with van der Waals surface area (Å²) in [6.45, 7) is 1.30. The number of carboxylic acids is 1. The Balaban J connectivity index is 2.06. The van der Waals surface area contributed by atoms with Crippen molar-refractivity contribution in [2.24, 2.45) is 5.73 Å². The number of amides is 1. The first-order valence-corrected chi connectivity index (χ1v) is 6.92. The van der Waals surface area contributed by atoms with Gasteiger partial charge in [0.05, 0.1) is 12.1 Å². The number of rotatable bonds is 6. The number of fused-ring (bicyclic) bond motifs is 1. The molecule has 2 aromatic rings. The van der Waals surface area contributed by atoms with Crippen LogP contribution in [0.2, 0.25) is 0 Å². The average molecular weight is 305 g/mol. The van der Waals surface area contributed by atoms with Crippen molar-refractivity contribution in [2.75, 3.05) is 0 Å². The van der Waals surface area contributed by atoms with E-state index in [9.17, 15) is 14.7 Å². The molecule has 1 heterocycles. The number of hydrogen-bond acceptors (Lipinski definition) is 4. The van der Waals surface area contributed by atoms with Crippen molar-refractivity contribution in [3.63, 3.8) is 0 Å². The van der Waals surface area contributed by atoms with Crippen LogP contribution < -0.4 is 11.1 Å². The Bertz CT molecular complexity index is 680. The van der Waals surface area contributed by atoms with Gasteiger partial charge >= 0.3 is 5.97 Å². The van der Waals surface area contributed by atoms with Crippen molar-refractivity contribution in [1.29, 1.82) is 0 Å². The minimum Gasteiger partial charge on any atom is -0.480 e.